The van der Waals surface area contributed by atoms with Gasteiger partial charge in [0.2, 0.25) is 17.7 Å². The molecule has 1 aromatic rings. The highest BCUT2D eigenvalue weighted by molar-refractivity contribution is 6.03. The van der Waals surface area contributed by atoms with Crippen LogP contribution in [0.2, 0.25) is 0 Å². The van der Waals surface area contributed by atoms with Gasteiger partial charge in [0.1, 0.15) is 11.6 Å². The van der Waals surface area contributed by atoms with Gasteiger partial charge in [-0.3, -0.25) is 14.4 Å². The maximum absolute atomic E-state index is 14.0. The summed E-state index contributed by atoms with van der Waals surface area (Å²) in [5, 5.41) is 9.81. The van der Waals surface area contributed by atoms with Crippen LogP contribution in [-0.4, -0.2) is 83.2 Å². The van der Waals surface area contributed by atoms with Crippen molar-refractivity contribution in [3.8, 4) is 0 Å². The highest BCUT2D eigenvalue weighted by atomic mass is 16.5. The van der Waals surface area contributed by atoms with Crippen LogP contribution in [0.4, 0.5) is 5.69 Å². The molecule has 3 saturated heterocycles. The fourth-order valence-electron chi connectivity index (χ4n) is 6.47. The zero-order valence-corrected chi connectivity index (χ0v) is 21.8. The summed E-state index contributed by atoms with van der Waals surface area (Å²) < 4.78 is 6.53. The zero-order valence-electron chi connectivity index (χ0n) is 21.8. The number of likely N-dealkylation sites (tertiary alicyclic amines) is 1. The zero-order chi connectivity index (χ0) is 26.6. The minimum absolute atomic E-state index is 0.0222. The van der Waals surface area contributed by atoms with E-state index in [4.69, 9.17) is 4.74 Å². The lowest BCUT2D eigenvalue weighted by molar-refractivity contribution is -0.148. The molecule has 0 radical (unpaired) electrons. The minimum Gasteiger partial charge on any atom is -0.395 e. The molecule has 2 unspecified atom stereocenters. The van der Waals surface area contributed by atoms with Crippen molar-refractivity contribution in [1.29, 1.82) is 0 Å². The number of para-hydroxylation sites is 1. The standard InChI is InChI=1S/C29H39N3O5/c1-4-7-11-18-30(16-5-2)28(36)25-29-15-14-22(37-29)23(24(29)27(35)32(25)19-20-33)26(34)31(17-6-3)21-12-9-8-10-13-21/h5-6,8-10,12-13,22-25,33H,2-4,7,11,14-20H2,1H3/t22-,23+,24+,25?,29?/m1/s1. The topological polar surface area (TPSA) is 90.4 Å². The number of hydrogen-bond acceptors (Lipinski definition) is 5. The Morgan fingerprint density at radius 2 is 1.89 bits per heavy atom. The van der Waals surface area contributed by atoms with Gasteiger partial charge in [-0.2, -0.15) is 0 Å². The number of ether oxygens (including phenoxy) is 1. The van der Waals surface area contributed by atoms with Crippen LogP contribution in [0, 0.1) is 11.8 Å². The second kappa shape index (κ2) is 11.6. The lowest BCUT2D eigenvalue weighted by Crippen LogP contribution is -2.56. The summed E-state index contributed by atoms with van der Waals surface area (Å²) in [4.78, 5) is 46.8. The van der Waals surface area contributed by atoms with Gasteiger partial charge in [0.25, 0.3) is 0 Å². The Morgan fingerprint density at radius 1 is 1.16 bits per heavy atom. The first-order chi connectivity index (χ1) is 17.9. The van der Waals surface area contributed by atoms with Crippen molar-refractivity contribution in [2.45, 2.75) is 56.8 Å². The van der Waals surface area contributed by atoms with Crippen LogP contribution < -0.4 is 4.90 Å². The molecule has 1 spiro atoms. The maximum atomic E-state index is 14.0. The molecule has 2 bridgehead atoms. The van der Waals surface area contributed by atoms with Gasteiger partial charge in [-0.05, 0) is 31.4 Å². The Hall–Kier alpha value is -2.97. The average Bonchev–Trinajstić information content (AvgIpc) is 3.54. The van der Waals surface area contributed by atoms with Crippen molar-refractivity contribution < 1.29 is 24.2 Å². The first-order valence-electron chi connectivity index (χ1n) is 13.4. The normalized spacial score (nSPS) is 27.7. The molecule has 8 heteroatoms. The highest BCUT2D eigenvalue weighted by Crippen LogP contribution is 2.59. The van der Waals surface area contributed by atoms with E-state index in [2.05, 4.69) is 20.1 Å². The summed E-state index contributed by atoms with van der Waals surface area (Å²) in [6.45, 7) is 10.7. The molecule has 1 aromatic carbocycles. The lowest BCUT2D eigenvalue weighted by atomic mass is 9.70. The summed E-state index contributed by atoms with van der Waals surface area (Å²) in [6, 6.07) is 8.46. The van der Waals surface area contributed by atoms with E-state index in [-0.39, 0.29) is 30.9 Å². The third-order valence-electron chi connectivity index (χ3n) is 8.00. The quantitative estimate of drug-likeness (QED) is 0.326. The number of fused-ring (bicyclic) bond motifs is 1. The molecule has 8 nitrogen and oxygen atoms in total. The number of aliphatic hydroxyl groups excluding tert-OH is 1. The molecule has 1 N–H and O–H groups in total. The monoisotopic (exact) mass is 509 g/mol. The number of unbranched alkanes of at least 4 members (excludes halogenated alkanes) is 2. The number of carbonyl (C=O) groups excluding carboxylic acids is 3. The molecule has 3 amide bonds. The summed E-state index contributed by atoms with van der Waals surface area (Å²) in [6.07, 6.45) is 6.93. The molecule has 200 valence electrons. The van der Waals surface area contributed by atoms with Gasteiger partial charge >= 0.3 is 0 Å². The fraction of sp³-hybridized carbons (Fsp3) is 0.552. The summed E-state index contributed by atoms with van der Waals surface area (Å²) in [7, 11) is 0. The molecule has 0 saturated carbocycles. The Labute approximate surface area is 219 Å². The van der Waals surface area contributed by atoms with Crippen LogP contribution in [0.1, 0.15) is 39.0 Å². The number of aliphatic hydroxyl groups is 1. The van der Waals surface area contributed by atoms with Crippen molar-refractivity contribution in [2.75, 3.05) is 37.7 Å². The van der Waals surface area contributed by atoms with E-state index in [9.17, 15) is 19.5 Å². The molecular formula is C29H39N3O5. The Bertz CT molecular complexity index is 1010. The Kier molecular flexibility index (Phi) is 8.49. The van der Waals surface area contributed by atoms with Crippen molar-refractivity contribution >= 4 is 23.4 Å². The van der Waals surface area contributed by atoms with E-state index in [0.29, 0.717) is 32.5 Å². The van der Waals surface area contributed by atoms with Crippen molar-refractivity contribution in [1.82, 2.24) is 9.80 Å². The molecule has 3 aliphatic rings. The Morgan fingerprint density at radius 3 is 2.54 bits per heavy atom. The third kappa shape index (κ3) is 4.73. The van der Waals surface area contributed by atoms with E-state index in [0.717, 1.165) is 24.9 Å². The van der Waals surface area contributed by atoms with E-state index < -0.39 is 29.6 Å². The minimum atomic E-state index is -1.07. The number of rotatable bonds is 13. The van der Waals surface area contributed by atoms with E-state index in [1.165, 1.54) is 4.90 Å². The highest BCUT2D eigenvalue weighted by Gasteiger charge is 2.74. The molecule has 4 rings (SSSR count). The van der Waals surface area contributed by atoms with E-state index in [1.54, 1.807) is 22.0 Å². The van der Waals surface area contributed by atoms with E-state index in [1.807, 2.05) is 30.3 Å². The number of anilines is 1. The molecule has 3 aliphatic heterocycles. The SMILES string of the molecule is C=CCN(CCCCC)C(=O)C1N(CCO)C(=O)[C@@H]2[C@@H](C(=O)N(CC=C)c3ccccc3)[C@H]3CCC12O3. The second-order valence-electron chi connectivity index (χ2n) is 10.2. The number of β-amino-alcohol motifs (C(OH)–C–C–N with tert-alkyl or cyclic N) is 1. The molecule has 0 aliphatic carbocycles. The largest absolute Gasteiger partial charge is 0.395 e. The average molecular weight is 510 g/mol. The number of carbonyl (C=O) groups is 3. The van der Waals surface area contributed by atoms with Gasteiger partial charge in [0.15, 0.2) is 0 Å². The summed E-state index contributed by atoms with van der Waals surface area (Å²) in [5.41, 5.74) is -0.350. The first-order valence-corrected chi connectivity index (χ1v) is 13.4. The first kappa shape index (κ1) is 27.1. The van der Waals surface area contributed by atoms with Crippen molar-refractivity contribution in [3.63, 3.8) is 0 Å². The molecule has 3 fully saturated rings. The number of nitrogens with zero attached hydrogens (tertiary/aromatic N) is 3. The fourth-order valence-corrected chi connectivity index (χ4v) is 6.47. The predicted octanol–water partition coefficient (Wildman–Crippen LogP) is 2.78. The van der Waals surface area contributed by atoms with Crippen LogP contribution in [0.5, 0.6) is 0 Å². The van der Waals surface area contributed by atoms with Gasteiger partial charge in [0.05, 0.1) is 24.5 Å². The molecule has 0 aromatic heterocycles. The molecule has 5 atom stereocenters. The summed E-state index contributed by atoms with van der Waals surface area (Å²) in [5.74, 6) is -2.14. The molecule has 3 heterocycles. The van der Waals surface area contributed by atoms with Gasteiger partial charge in [-0.25, -0.2) is 0 Å². The summed E-state index contributed by atoms with van der Waals surface area (Å²) >= 11 is 0. The van der Waals surface area contributed by atoms with Crippen LogP contribution in [0.3, 0.4) is 0 Å². The smallest absolute Gasteiger partial charge is 0.248 e. The van der Waals surface area contributed by atoms with Gasteiger partial charge in [-0.1, -0.05) is 50.1 Å². The van der Waals surface area contributed by atoms with Crippen molar-refractivity contribution in [2.24, 2.45) is 11.8 Å². The third-order valence-corrected chi connectivity index (χ3v) is 8.00. The van der Waals surface area contributed by atoms with Crippen LogP contribution in [0.15, 0.2) is 55.6 Å². The predicted molar refractivity (Wildman–Crippen MR) is 142 cm³/mol. The number of hydrogen-bond donors (Lipinski definition) is 1. The number of amides is 3. The Balaban J connectivity index is 1.69. The maximum Gasteiger partial charge on any atom is 0.248 e. The van der Waals surface area contributed by atoms with Crippen LogP contribution in [0.25, 0.3) is 0 Å². The van der Waals surface area contributed by atoms with Gasteiger partial charge in [-0.15, -0.1) is 13.2 Å². The lowest BCUT2D eigenvalue weighted by Gasteiger charge is -2.37. The molecular weight excluding hydrogens is 470 g/mol. The van der Waals surface area contributed by atoms with Gasteiger partial charge < -0.3 is 24.5 Å². The van der Waals surface area contributed by atoms with E-state index >= 15 is 0 Å². The second-order valence-corrected chi connectivity index (χ2v) is 10.2. The molecule has 37 heavy (non-hydrogen) atoms. The van der Waals surface area contributed by atoms with Crippen molar-refractivity contribution in [3.05, 3.63) is 55.6 Å². The van der Waals surface area contributed by atoms with Crippen LogP contribution >= 0.6 is 0 Å². The number of benzene rings is 1. The van der Waals surface area contributed by atoms with Crippen LogP contribution in [-0.2, 0) is 19.1 Å². The van der Waals surface area contributed by atoms with Gasteiger partial charge in [0, 0.05) is 31.9 Å².